The van der Waals surface area contributed by atoms with Crippen molar-refractivity contribution >= 4 is 21.8 Å². The molecular formula is C13H17BrFNO. The third-order valence-electron chi connectivity index (χ3n) is 2.59. The summed E-state index contributed by atoms with van der Waals surface area (Å²) in [6.07, 6.45) is 0. The van der Waals surface area contributed by atoms with Crippen LogP contribution in [-0.4, -0.2) is 17.3 Å². The molecule has 0 aliphatic rings. The number of carbonyl (C=O) groups is 1. The molecule has 0 saturated carbocycles. The van der Waals surface area contributed by atoms with E-state index in [-0.39, 0.29) is 17.8 Å². The molecule has 0 bridgehead atoms. The first-order valence-electron chi connectivity index (χ1n) is 5.58. The fourth-order valence-corrected chi connectivity index (χ4v) is 2.41. The SMILES string of the molecule is Cc1cc(F)cc(C(=O)NC(CBr)C(C)C)c1. The Kier molecular flexibility index (Phi) is 5.12. The number of carbonyl (C=O) groups excluding carboxylic acids is 1. The second-order valence-corrected chi connectivity index (χ2v) is 5.14. The van der Waals surface area contributed by atoms with Crippen LogP contribution in [-0.2, 0) is 0 Å². The van der Waals surface area contributed by atoms with E-state index in [1.54, 1.807) is 13.0 Å². The van der Waals surface area contributed by atoms with Crippen LogP contribution in [0.15, 0.2) is 18.2 Å². The Morgan fingerprint density at radius 3 is 2.53 bits per heavy atom. The van der Waals surface area contributed by atoms with Crippen LogP contribution >= 0.6 is 15.9 Å². The summed E-state index contributed by atoms with van der Waals surface area (Å²) in [5.74, 6) is -0.283. The normalized spacial score (nSPS) is 12.6. The summed E-state index contributed by atoms with van der Waals surface area (Å²) in [5.41, 5.74) is 1.11. The van der Waals surface area contributed by atoms with Crippen molar-refractivity contribution in [3.8, 4) is 0 Å². The molecule has 0 aliphatic carbocycles. The molecule has 0 aliphatic heterocycles. The summed E-state index contributed by atoms with van der Waals surface area (Å²) in [4.78, 5) is 11.9. The quantitative estimate of drug-likeness (QED) is 0.850. The molecule has 94 valence electrons. The Bertz CT molecular complexity index is 386. The third kappa shape index (κ3) is 4.11. The van der Waals surface area contributed by atoms with E-state index in [1.807, 2.05) is 13.8 Å². The highest BCUT2D eigenvalue weighted by Crippen LogP contribution is 2.10. The predicted molar refractivity (Wildman–Crippen MR) is 71.0 cm³/mol. The summed E-state index contributed by atoms with van der Waals surface area (Å²) in [6.45, 7) is 5.83. The first-order valence-corrected chi connectivity index (χ1v) is 6.70. The van der Waals surface area contributed by atoms with Crippen molar-refractivity contribution in [1.29, 1.82) is 0 Å². The van der Waals surface area contributed by atoms with Crippen molar-refractivity contribution in [2.45, 2.75) is 26.8 Å². The Morgan fingerprint density at radius 2 is 2.06 bits per heavy atom. The minimum atomic E-state index is -0.380. The molecule has 0 heterocycles. The molecule has 4 heteroatoms. The maximum atomic E-state index is 13.2. The van der Waals surface area contributed by atoms with Crippen molar-refractivity contribution in [2.24, 2.45) is 5.92 Å². The van der Waals surface area contributed by atoms with Gasteiger partial charge in [0.2, 0.25) is 0 Å². The molecule has 1 aromatic carbocycles. The van der Waals surface area contributed by atoms with Crippen molar-refractivity contribution in [2.75, 3.05) is 5.33 Å². The molecule has 0 spiro atoms. The van der Waals surface area contributed by atoms with Crippen molar-refractivity contribution in [1.82, 2.24) is 5.32 Å². The molecule has 17 heavy (non-hydrogen) atoms. The standard InChI is InChI=1S/C13H17BrFNO/c1-8(2)12(7-14)16-13(17)10-4-9(3)5-11(15)6-10/h4-6,8,12H,7H2,1-3H3,(H,16,17). The van der Waals surface area contributed by atoms with Gasteiger partial charge in [-0.3, -0.25) is 4.79 Å². The molecule has 1 aromatic rings. The molecule has 0 saturated heterocycles. The van der Waals surface area contributed by atoms with Gasteiger partial charge in [0.1, 0.15) is 5.82 Å². The summed E-state index contributed by atoms with van der Waals surface area (Å²) in [7, 11) is 0. The average Bonchev–Trinajstić information content (AvgIpc) is 2.23. The number of aryl methyl sites for hydroxylation is 1. The van der Waals surface area contributed by atoms with Gasteiger partial charge in [0, 0.05) is 16.9 Å². The molecule has 1 unspecified atom stereocenters. The van der Waals surface area contributed by atoms with Gasteiger partial charge in [-0.15, -0.1) is 0 Å². The zero-order valence-corrected chi connectivity index (χ0v) is 11.8. The Morgan fingerprint density at radius 1 is 1.41 bits per heavy atom. The van der Waals surface area contributed by atoms with E-state index < -0.39 is 0 Å². The lowest BCUT2D eigenvalue weighted by Gasteiger charge is -2.20. The Balaban J connectivity index is 2.82. The van der Waals surface area contributed by atoms with Gasteiger partial charge >= 0.3 is 0 Å². The first kappa shape index (κ1) is 14.2. The largest absolute Gasteiger partial charge is 0.348 e. The van der Waals surface area contributed by atoms with Gasteiger partial charge in [0.05, 0.1) is 0 Å². The minimum absolute atomic E-state index is 0.0473. The summed E-state index contributed by atoms with van der Waals surface area (Å²) < 4.78 is 13.2. The lowest BCUT2D eigenvalue weighted by molar-refractivity contribution is 0.0931. The first-order chi connectivity index (χ1) is 7.93. The highest BCUT2D eigenvalue weighted by molar-refractivity contribution is 9.09. The molecule has 1 amide bonds. The van der Waals surface area contributed by atoms with Crippen LogP contribution in [0.25, 0.3) is 0 Å². The summed E-state index contributed by atoms with van der Waals surface area (Å²) >= 11 is 3.36. The topological polar surface area (TPSA) is 29.1 Å². The maximum absolute atomic E-state index is 13.2. The van der Waals surface area contributed by atoms with Gasteiger partial charge in [-0.05, 0) is 36.6 Å². The number of alkyl halides is 1. The molecule has 1 rings (SSSR count). The summed E-state index contributed by atoms with van der Waals surface area (Å²) in [6, 6.07) is 4.39. The highest BCUT2D eigenvalue weighted by Gasteiger charge is 2.16. The van der Waals surface area contributed by atoms with Gasteiger partial charge in [0.15, 0.2) is 0 Å². The number of hydrogen-bond acceptors (Lipinski definition) is 1. The number of nitrogens with one attached hydrogen (secondary N) is 1. The highest BCUT2D eigenvalue weighted by atomic mass is 79.9. The number of amides is 1. The van der Waals surface area contributed by atoms with Gasteiger partial charge < -0.3 is 5.32 Å². The molecule has 2 nitrogen and oxygen atoms in total. The minimum Gasteiger partial charge on any atom is -0.348 e. The molecule has 0 fully saturated rings. The van der Waals surface area contributed by atoms with Crippen molar-refractivity contribution in [3.05, 3.63) is 35.1 Å². The van der Waals surface area contributed by atoms with Crippen LogP contribution in [0, 0.1) is 18.7 Å². The number of benzene rings is 1. The third-order valence-corrected chi connectivity index (χ3v) is 3.29. The van der Waals surface area contributed by atoms with Gasteiger partial charge in [-0.25, -0.2) is 4.39 Å². The molecule has 1 N–H and O–H groups in total. The lowest BCUT2D eigenvalue weighted by Crippen LogP contribution is -2.39. The van der Waals surface area contributed by atoms with Crippen LogP contribution in [0.2, 0.25) is 0 Å². The smallest absolute Gasteiger partial charge is 0.251 e. The molecule has 1 atom stereocenters. The lowest BCUT2D eigenvalue weighted by atomic mass is 10.1. The second-order valence-electron chi connectivity index (χ2n) is 4.50. The second kappa shape index (κ2) is 6.15. The number of halogens is 2. The monoisotopic (exact) mass is 301 g/mol. The van der Waals surface area contributed by atoms with E-state index in [4.69, 9.17) is 0 Å². The van der Waals surface area contributed by atoms with Crippen LogP contribution < -0.4 is 5.32 Å². The van der Waals surface area contributed by atoms with E-state index in [0.29, 0.717) is 16.8 Å². The molecule has 0 aromatic heterocycles. The predicted octanol–water partition coefficient (Wildman–Crippen LogP) is 3.28. The Hall–Kier alpha value is -0.900. The van der Waals surface area contributed by atoms with Crippen molar-refractivity contribution < 1.29 is 9.18 Å². The van der Waals surface area contributed by atoms with Gasteiger partial charge in [0.25, 0.3) is 5.91 Å². The van der Waals surface area contributed by atoms with E-state index in [0.717, 1.165) is 5.56 Å². The van der Waals surface area contributed by atoms with E-state index in [1.165, 1.54) is 12.1 Å². The van der Waals surface area contributed by atoms with E-state index in [9.17, 15) is 9.18 Å². The van der Waals surface area contributed by atoms with Crippen molar-refractivity contribution in [3.63, 3.8) is 0 Å². The van der Waals surface area contributed by atoms with Crippen LogP contribution in [0.4, 0.5) is 4.39 Å². The fraction of sp³-hybridized carbons (Fsp3) is 0.462. The van der Waals surface area contributed by atoms with Crippen LogP contribution in [0.5, 0.6) is 0 Å². The number of rotatable bonds is 4. The zero-order chi connectivity index (χ0) is 13.0. The van der Waals surface area contributed by atoms with E-state index in [2.05, 4.69) is 21.2 Å². The average molecular weight is 302 g/mol. The van der Waals surface area contributed by atoms with Gasteiger partial charge in [-0.2, -0.15) is 0 Å². The van der Waals surface area contributed by atoms with Gasteiger partial charge in [-0.1, -0.05) is 29.8 Å². The van der Waals surface area contributed by atoms with Crippen LogP contribution in [0.3, 0.4) is 0 Å². The van der Waals surface area contributed by atoms with E-state index >= 15 is 0 Å². The summed E-state index contributed by atoms with van der Waals surface area (Å²) in [5, 5.41) is 3.57. The fourth-order valence-electron chi connectivity index (χ4n) is 1.50. The van der Waals surface area contributed by atoms with Crippen LogP contribution in [0.1, 0.15) is 29.8 Å². The maximum Gasteiger partial charge on any atom is 0.251 e. The number of hydrogen-bond donors (Lipinski definition) is 1. The zero-order valence-electron chi connectivity index (χ0n) is 10.3. The molecule has 0 radical (unpaired) electrons. The molecular weight excluding hydrogens is 285 g/mol. The Labute approximate surface area is 110 Å².